The maximum absolute atomic E-state index is 11.2. The molecular formula is C8H18N4O4S. The van der Waals surface area contributed by atoms with Crippen molar-refractivity contribution in [3.05, 3.63) is 0 Å². The SMILES string of the molecule is CCNS(=O)(=O)CCNC(=O)C(=O)NCCN. The summed E-state index contributed by atoms with van der Waals surface area (Å²) >= 11 is 0. The molecule has 0 rings (SSSR count). The third-order valence-corrected chi connectivity index (χ3v) is 3.13. The fourth-order valence-corrected chi connectivity index (χ4v) is 1.89. The second-order valence-corrected chi connectivity index (χ2v) is 5.04. The van der Waals surface area contributed by atoms with E-state index in [1.54, 1.807) is 6.92 Å². The highest BCUT2D eigenvalue weighted by molar-refractivity contribution is 7.89. The topological polar surface area (TPSA) is 130 Å². The standard InChI is InChI=1S/C8H18N4O4S/c1-2-12-17(15,16)6-5-11-8(14)7(13)10-4-3-9/h12H,2-6,9H2,1H3,(H,10,13)(H,11,14). The van der Waals surface area contributed by atoms with Crippen molar-refractivity contribution in [3.8, 4) is 0 Å². The van der Waals surface area contributed by atoms with Gasteiger partial charge in [0.25, 0.3) is 0 Å². The quantitative estimate of drug-likeness (QED) is 0.368. The van der Waals surface area contributed by atoms with Crippen LogP contribution in [0.2, 0.25) is 0 Å². The van der Waals surface area contributed by atoms with Gasteiger partial charge >= 0.3 is 11.8 Å². The predicted molar refractivity (Wildman–Crippen MR) is 62.5 cm³/mol. The van der Waals surface area contributed by atoms with E-state index in [0.29, 0.717) is 0 Å². The fraction of sp³-hybridized carbons (Fsp3) is 0.750. The molecule has 0 bridgehead atoms. The van der Waals surface area contributed by atoms with Crippen LogP contribution in [0.25, 0.3) is 0 Å². The third-order valence-electron chi connectivity index (χ3n) is 1.66. The lowest BCUT2D eigenvalue weighted by molar-refractivity contribution is -0.139. The molecule has 0 atom stereocenters. The molecule has 0 fully saturated rings. The first kappa shape index (κ1) is 15.8. The van der Waals surface area contributed by atoms with E-state index in [4.69, 9.17) is 5.73 Å². The molecule has 0 aromatic rings. The molecule has 0 saturated carbocycles. The molecule has 0 aromatic heterocycles. The Labute approximate surface area is 100 Å². The maximum Gasteiger partial charge on any atom is 0.309 e. The van der Waals surface area contributed by atoms with E-state index in [9.17, 15) is 18.0 Å². The monoisotopic (exact) mass is 266 g/mol. The Bertz CT molecular complexity index is 355. The van der Waals surface area contributed by atoms with Crippen LogP contribution in [-0.2, 0) is 19.6 Å². The molecule has 0 aliphatic carbocycles. The summed E-state index contributed by atoms with van der Waals surface area (Å²) in [5.74, 6) is -1.96. The lowest BCUT2D eigenvalue weighted by atomic mass is 10.5. The number of carbonyl (C=O) groups excluding carboxylic acids is 2. The molecule has 0 spiro atoms. The van der Waals surface area contributed by atoms with Crippen LogP contribution in [0.4, 0.5) is 0 Å². The van der Waals surface area contributed by atoms with Crippen LogP contribution in [0.1, 0.15) is 6.92 Å². The van der Waals surface area contributed by atoms with E-state index < -0.39 is 21.8 Å². The van der Waals surface area contributed by atoms with Gasteiger partial charge in [-0.25, -0.2) is 13.1 Å². The van der Waals surface area contributed by atoms with Crippen LogP contribution in [0, 0.1) is 0 Å². The summed E-state index contributed by atoms with van der Waals surface area (Å²) in [5, 5.41) is 4.46. The lowest BCUT2D eigenvalue weighted by Crippen LogP contribution is -2.43. The largest absolute Gasteiger partial charge is 0.347 e. The number of nitrogens with two attached hydrogens (primary N) is 1. The summed E-state index contributed by atoms with van der Waals surface area (Å²) in [4.78, 5) is 22.2. The second-order valence-electron chi connectivity index (χ2n) is 3.12. The van der Waals surface area contributed by atoms with Gasteiger partial charge in [-0.1, -0.05) is 6.92 Å². The number of rotatable bonds is 7. The molecule has 9 heteroatoms. The first-order valence-electron chi connectivity index (χ1n) is 5.16. The Kier molecular flexibility index (Phi) is 7.42. The van der Waals surface area contributed by atoms with Gasteiger partial charge in [0.2, 0.25) is 10.0 Å². The van der Waals surface area contributed by atoms with E-state index in [1.807, 2.05) is 0 Å². The molecule has 8 nitrogen and oxygen atoms in total. The van der Waals surface area contributed by atoms with E-state index in [1.165, 1.54) is 0 Å². The van der Waals surface area contributed by atoms with Crippen LogP contribution in [0.3, 0.4) is 0 Å². The maximum atomic E-state index is 11.2. The number of amides is 2. The Hall–Kier alpha value is -1.19. The van der Waals surface area contributed by atoms with Crippen molar-refractivity contribution in [2.75, 3.05) is 31.9 Å². The number of sulfonamides is 1. The zero-order valence-corrected chi connectivity index (χ0v) is 10.5. The summed E-state index contributed by atoms with van der Waals surface area (Å²) in [5.41, 5.74) is 5.13. The molecule has 5 N–H and O–H groups in total. The highest BCUT2D eigenvalue weighted by Crippen LogP contribution is 1.81. The minimum absolute atomic E-state index is 0.121. The van der Waals surface area contributed by atoms with Gasteiger partial charge in [0.05, 0.1) is 5.75 Å². The summed E-state index contributed by atoms with van der Waals surface area (Å²) in [6.45, 7) is 2.24. The van der Waals surface area contributed by atoms with E-state index in [-0.39, 0.29) is 31.9 Å². The number of nitrogens with one attached hydrogen (secondary N) is 3. The fourth-order valence-electron chi connectivity index (χ4n) is 0.937. The smallest absolute Gasteiger partial charge is 0.309 e. The van der Waals surface area contributed by atoms with E-state index in [2.05, 4.69) is 15.4 Å². The van der Waals surface area contributed by atoms with Crippen LogP contribution in [0.5, 0.6) is 0 Å². The van der Waals surface area contributed by atoms with Gasteiger partial charge in [-0.2, -0.15) is 0 Å². The third kappa shape index (κ3) is 7.66. The Morgan fingerprint density at radius 3 is 2.12 bits per heavy atom. The molecule has 0 heterocycles. The average molecular weight is 266 g/mol. The van der Waals surface area contributed by atoms with Gasteiger partial charge in [-0.15, -0.1) is 0 Å². The molecule has 100 valence electrons. The second kappa shape index (κ2) is 7.98. The predicted octanol–water partition coefficient (Wildman–Crippen LogP) is -2.88. The van der Waals surface area contributed by atoms with Gasteiger partial charge in [-0.05, 0) is 0 Å². The molecule has 0 radical (unpaired) electrons. The first-order valence-corrected chi connectivity index (χ1v) is 6.81. The summed E-state index contributed by atoms with van der Waals surface area (Å²) in [6.07, 6.45) is 0. The molecule has 0 aliphatic heterocycles. The van der Waals surface area contributed by atoms with Crippen molar-refractivity contribution in [2.45, 2.75) is 6.92 Å². The molecule has 0 unspecified atom stereocenters. The molecule has 17 heavy (non-hydrogen) atoms. The Morgan fingerprint density at radius 2 is 1.65 bits per heavy atom. The van der Waals surface area contributed by atoms with Crippen molar-refractivity contribution >= 4 is 21.8 Å². The summed E-state index contributed by atoms with van der Waals surface area (Å²) in [7, 11) is -3.39. The van der Waals surface area contributed by atoms with Crippen LogP contribution in [0.15, 0.2) is 0 Å². The normalized spacial score (nSPS) is 10.9. The highest BCUT2D eigenvalue weighted by Gasteiger charge is 2.14. The number of hydrogen-bond acceptors (Lipinski definition) is 5. The first-order chi connectivity index (χ1) is 7.93. The van der Waals surface area contributed by atoms with Crippen molar-refractivity contribution in [3.63, 3.8) is 0 Å². The lowest BCUT2D eigenvalue weighted by Gasteiger charge is -2.06. The minimum Gasteiger partial charge on any atom is -0.347 e. The summed E-state index contributed by atoms with van der Waals surface area (Å²) < 4.78 is 24.6. The van der Waals surface area contributed by atoms with Crippen molar-refractivity contribution in [1.29, 1.82) is 0 Å². The van der Waals surface area contributed by atoms with Crippen molar-refractivity contribution in [1.82, 2.24) is 15.4 Å². The van der Waals surface area contributed by atoms with E-state index in [0.717, 1.165) is 0 Å². The van der Waals surface area contributed by atoms with Crippen molar-refractivity contribution in [2.24, 2.45) is 5.73 Å². The zero-order valence-electron chi connectivity index (χ0n) is 9.65. The van der Waals surface area contributed by atoms with Crippen molar-refractivity contribution < 1.29 is 18.0 Å². The Morgan fingerprint density at radius 1 is 1.12 bits per heavy atom. The van der Waals surface area contributed by atoms with Gasteiger partial charge in [0.15, 0.2) is 0 Å². The number of carbonyl (C=O) groups is 2. The average Bonchev–Trinajstić information content (AvgIpc) is 2.25. The van der Waals surface area contributed by atoms with Gasteiger partial charge < -0.3 is 16.4 Å². The minimum atomic E-state index is -3.39. The van der Waals surface area contributed by atoms with Gasteiger partial charge in [0, 0.05) is 26.2 Å². The molecule has 0 saturated heterocycles. The molecule has 0 aromatic carbocycles. The van der Waals surface area contributed by atoms with Gasteiger partial charge in [-0.3, -0.25) is 9.59 Å². The van der Waals surface area contributed by atoms with E-state index >= 15 is 0 Å². The van der Waals surface area contributed by atoms with Crippen LogP contribution >= 0.6 is 0 Å². The van der Waals surface area contributed by atoms with Crippen LogP contribution in [-0.4, -0.2) is 52.2 Å². The molecule has 2 amide bonds. The molecular weight excluding hydrogens is 248 g/mol. The van der Waals surface area contributed by atoms with Crippen LogP contribution < -0.4 is 21.1 Å². The highest BCUT2D eigenvalue weighted by atomic mass is 32.2. The molecule has 0 aliphatic rings. The zero-order chi connectivity index (χ0) is 13.3. The number of hydrogen-bond donors (Lipinski definition) is 4. The Balaban J connectivity index is 3.89. The van der Waals surface area contributed by atoms with Gasteiger partial charge in [0.1, 0.15) is 0 Å². The summed E-state index contributed by atoms with van der Waals surface area (Å²) in [6, 6.07) is 0.